The molecule has 6 heteroatoms. The second-order valence-corrected chi connectivity index (χ2v) is 5.25. The van der Waals surface area contributed by atoms with Gasteiger partial charge in [0.1, 0.15) is 0 Å². The lowest BCUT2D eigenvalue weighted by molar-refractivity contribution is -0.284. The molecule has 1 heterocycles. The molecule has 0 aromatic carbocycles. The highest BCUT2D eigenvalue weighted by molar-refractivity contribution is 5.98. The molecule has 0 unspecified atom stereocenters. The maximum Gasteiger partial charge on any atom is 0.277 e. The Balaban J connectivity index is 0.000000238. The largest absolute Gasteiger partial charge is 0.339 e. The Hall–Kier alpha value is -2.18. The first-order valence-corrected chi connectivity index (χ1v) is 7.32. The first-order chi connectivity index (χ1) is 10.5. The van der Waals surface area contributed by atoms with Gasteiger partial charge in [0.2, 0.25) is 5.91 Å². The van der Waals surface area contributed by atoms with Crippen molar-refractivity contribution in [3.63, 3.8) is 0 Å². The predicted octanol–water partition coefficient (Wildman–Crippen LogP) is 2.22. The fourth-order valence-corrected chi connectivity index (χ4v) is 2.31. The quantitative estimate of drug-likeness (QED) is 0.670. The Kier molecular flexibility index (Phi) is 5.30. The monoisotopic (exact) mass is 304 g/mol. The van der Waals surface area contributed by atoms with Gasteiger partial charge in [0.15, 0.2) is 0 Å². The van der Waals surface area contributed by atoms with Gasteiger partial charge >= 0.3 is 0 Å². The minimum Gasteiger partial charge on any atom is -0.339 e. The summed E-state index contributed by atoms with van der Waals surface area (Å²) in [5, 5.41) is 16.5. The van der Waals surface area contributed by atoms with Gasteiger partial charge in [0, 0.05) is 18.7 Å². The number of fused-ring (bicyclic) bond motifs is 1. The Morgan fingerprint density at radius 1 is 1.23 bits per heavy atom. The number of nitrogens with zero attached hydrogens (tertiary/aromatic N) is 2. The van der Waals surface area contributed by atoms with Gasteiger partial charge in [-0.2, -0.15) is 0 Å². The molecule has 3 aliphatic rings. The lowest BCUT2D eigenvalue weighted by Gasteiger charge is -2.26. The number of carbonyl (C=O) groups is 2. The maximum absolute atomic E-state index is 11.8. The van der Waals surface area contributed by atoms with Crippen molar-refractivity contribution in [1.29, 1.82) is 0 Å². The predicted molar refractivity (Wildman–Crippen MR) is 80.0 cm³/mol. The van der Waals surface area contributed by atoms with Crippen LogP contribution >= 0.6 is 0 Å². The zero-order valence-corrected chi connectivity index (χ0v) is 12.5. The molecule has 0 aromatic rings. The SMILES string of the molecule is CCCN1CCC=C(CC(=O)N(O)O)C1=O.c1cc2ccc1-2. The van der Waals surface area contributed by atoms with Crippen LogP contribution in [0, 0.1) is 0 Å². The number of benzene rings is 1. The van der Waals surface area contributed by atoms with Gasteiger partial charge in [0.25, 0.3) is 5.91 Å². The molecule has 0 bridgehead atoms. The zero-order chi connectivity index (χ0) is 16.1. The van der Waals surface area contributed by atoms with Crippen LogP contribution in [0.1, 0.15) is 26.2 Å². The number of hydrogen-bond donors (Lipinski definition) is 2. The van der Waals surface area contributed by atoms with Crippen LogP contribution in [0.5, 0.6) is 0 Å². The molecule has 6 nitrogen and oxygen atoms in total. The Morgan fingerprint density at radius 2 is 1.82 bits per heavy atom. The van der Waals surface area contributed by atoms with Crippen LogP contribution in [-0.4, -0.2) is 45.4 Å². The highest BCUT2D eigenvalue weighted by atomic mass is 16.8. The van der Waals surface area contributed by atoms with Crippen LogP contribution in [0.15, 0.2) is 35.9 Å². The second kappa shape index (κ2) is 7.20. The summed E-state index contributed by atoms with van der Waals surface area (Å²) in [6.07, 6.45) is 2.96. The van der Waals surface area contributed by atoms with Gasteiger partial charge in [-0.05, 0) is 24.0 Å². The first kappa shape index (κ1) is 16.2. The third-order valence-electron chi connectivity index (χ3n) is 3.63. The highest BCUT2D eigenvalue weighted by Gasteiger charge is 2.24. The van der Waals surface area contributed by atoms with Crippen LogP contribution in [-0.2, 0) is 9.59 Å². The summed E-state index contributed by atoms with van der Waals surface area (Å²) in [7, 11) is 0. The molecule has 0 spiro atoms. The summed E-state index contributed by atoms with van der Waals surface area (Å²) in [4.78, 5) is 24.5. The summed E-state index contributed by atoms with van der Waals surface area (Å²) in [6.45, 7) is 3.29. The molecule has 3 rings (SSSR count). The van der Waals surface area contributed by atoms with Gasteiger partial charge in [-0.3, -0.25) is 20.0 Å². The molecule has 1 aliphatic heterocycles. The van der Waals surface area contributed by atoms with Crippen molar-refractivity contribution in [1.82, 2.24) is 10.1 Å². The van der Waals surface area contributed by atoms with E-state index < -0.39 is 11.1 Å². The number of hydrogen-bond acceptors (Lipinski definition) is 4. The van der Waals surface area contributed by atoms with Gasteiger partial charge in [-0.1, -0.05) is 42.5 Å². The van der Waals surface area contributed by atoms with Crippen LogP contribution in [0.25, 0.3) is 11.1 Å². The highest BCUT2D eigenvalue weighted by Crippen LogP contribution is 2.29. The van der Waals surface area contributed by atoms with E-state index in [2.05, 4.69) is 24.3 Å². The molecule has 0 saturated heterocycles. The summed E-state index contributed by atoms with van der Waals surface area (Å²) < 4.78 is 0. The van der Waals surface area contributed by atoms with E-state index >= 15 is 0 Å². The average molecular weight is 304 g/mol. The topological polar surface area (TPSA) is 81.1 Å². The van der Waals surface area contributed by atoms with Crippen LogP contribution in [0.4, 0.5) is 0 Å². The van der Waals surface area contributed by atoms with E-state index in [-0.39, 0.29) is 12.3 Å². The van der Waals surface area contributed by atoms with Crippen molar-refractivity contribution >= 4 is 11.8 Å². The second-order valence-electron chi connectivity index (χ2n) is 5.25. The number of rotatable bonds is 4. The van der Waals surface area contributed by atoms with E-state index in [9.17, 15) is 9.59 Å². The van der Waals surface area contributed by atoms with E-state index in [1.807, 2.05) is 6.92 Å². The third kappa shape index (κ3) is 3.72. The van der Waals surface area contributed by atoms with E-state index in [0.29, 0.717) is 25.1 Å². The summed E-state index contributed by atoms with van der Waals surface area (Å²) >= 11 is 0. The molecule has 2 amide bonds. The van der Waals surface area contributed by atoms with Crippen molar-refractivity contribution < 1.29 is 20.0 Å². The summed E-state index contributed by atoms with van der Waals surface area (Å²) in [5.74, 6) is -1.10. The van der Waals surface area contributed by atoms with E-state index in [4.69, 9.17) is 10.4 Å². The molecule has 118 valence electrons. The molecule has 2 aliphatic carbocycles. The fraction of sp³-hybridized carbons (Fsp3) is 0.375. The molecule has 0 aromatic heterocycles. The minimum atomic E-state index is -0.905. The maximum atomic E-state index is 11.8. The Bertz CT molecular complexity index is 557. The van der Waals surface area contributed by atoms with E-state index in [0.717, 1.165) is 6.42 Å². The third-order valence-corrected chi connectivity index (χ3v) is 3.63. The van der Waals surface area contributed by atoms with Crippen LogP contribution in [0.3, 0.4) is 0 Å². The molecular weight excluding hydrogens is 284 g/mol. The lowest BCUT2D eigenvalue weighted by atomic mass is 9.95. The summed E-state index contributed by atoms with van der Waals surface area (Å²) in [5.41, 5.74) is 3.18. The molecule has 0 fully saturated rings. The molecule has 0 radical (unpaired) electrons. The lowest BCUT2D eigenvalue weighted by Crippen LogP contribution is -2.37. The van der Waals surface area contributed by atoms with Crippen molar-refractivity contribution in [3.05, 3.63) is 35.9 Å². The Labute approximate surface area is 129 Å². The standard InChI is InChI=1S/C10H16N2O4.C6H4/c1-2-5-11-6-3-4-8(10(11)14)7-9(13)12(15)16;1-2-6-4-3-5(1)6/h4,15-16H,2-3,5-7H2,1H3;1-4H. The molecule has 0 atom stereocenters. The number of carbonyl (C=O) groups excluding carboxylic acids is 2. The first-order valence-electron chi connectivity index (χ1n) is 7.32. The number of amides is 2. The van der Waals surface area contributed by atoms with Crippen molar-refractivity contribution in [2.75, 3.05) is 13.1 Å². The average Bonchev–Trinajstić information content (AvgIpc) is 2.47. The fourth-order valence-electron chi connectivity index (χ4n) is 2.31. The van der Waals surface area contributed by atoms with E-state index in [1.54, 1.807) is 11.0 Å². The van der Waals surface area contributed by atoms with Gasteiger partial charge in [-0.25, -0.2) is 0 Å². The zero-order valence-electron chi connectivity index (χ0n) is 12.5. The molecule has 0 saturated carbocycles. The molecule has 2 N–H and O–H groups in total. The minimum absolute atomic E-state index is 0.191. The van der Waals surface area contributed by atoms with Crippen molar-refractivity contribution in [2.45, 2.75) is 26.2 Å². The van der Waals surface area contributed by atoms with Gasteiger partial charge < -0.3 is 4.90 Å². The van der Waals surface area contributed by atoms with Crippen LogP contribution in [0.2, 0.25) is 0 Å². The van der Waals surface area contributed by atoms with Crippen molar-refractivity contribution in [2.24, 2.45) is 0 Å². The summed E-state index contributed by atoms with van der Waals surface area (Å²) in [6, 6.07) is 8.48. The van der Waals surface area contributed by atoms with Crippen molar-refractivity contribution in [3.8, 4) is 11.1 Å². The van der Waals surface area contributed by atoms with E-state index in [1.165, 1.54) is 11.1 Å². The number of hydroxylamine groups is 2. The Morgan fingerprint density at radius 3 is 2.23 bits per heavy atom. The molecule has 22 heavy (non-hydrogen) atoms. The van der Waals surface area contributed by atoms with Gasteiger partial charge in [0.05, 0.1) is 6.42 Å². The van der Waals surface area contributed by atoms with Crippen LogP contribution < -0.4 is 0 Å². The molecular formula is C16H20N2O4. The van der Waals surface area contributed by atoms with Gasteiger partial charge in [-0.15, -0.1) is 0 Å². The smallest absolute Gasteiger partial charge is 0.277 e. The normalized spacial score (nSPS) is 14.8.